The van der Waals surface area contributed by atoms with Crippen LogP contribution in [0.4, 0.5) is 0 Å². The first-order chi connectivity index (χ1) is 9.60. The average molecular weight is 276 g/mol. The Balaban J connectivity index is 1.93. The third-order valence-corrected chi connectivity index (χ3v) is 4.14. The topological polar surface area (TPSA) is 61.4 Å². The van der Waals surface area contributed by atoms with Gasteiger partial charge in [0.15, 0.2) is 0 Å². The Morgan fingerprint density at radius 2 is 2.35 bits per heavy atom. The third-order valence-electron chi connectivity index (χ3n) is 4.14. The highest BCUT2D eigenvalue weighted by atomic mass is 16.3. The Bertz CT molecular complexity index is 462. The van der Waals surface area contributed by atoms with Gasteiger partial charge < -0.3 is 15.7 Å². The summed E-state index contributed by atoms with van der Waals surface area (Å²) in [4.78, 5) is 12.3. The van der Waals surface area contributed by atoms with Gasteiger partial charge in [0.1, 0.15) is 5.75 Å². The number of aromatic hydroxyl groups is 1. The molecule has 1 aliphatic heterocycles. The summed E-state index contributed by atoms with van der Waals surface area (Å²) in [6, 6.07) is 6.83. The lowest BCUT2D eigenvalue weighted by Gasteiger charge is -2.29. The zero-order chi connectivity index (χ0) is 14.5. The molecule has 1 heterocycles. The van der Waals surface area contributed by atoms with E-state index in [1.165, 1.54) is 0 Å². The van der Waals surface area contributed by atoms with Gasteiger partial charge in [0.2, 0.25) is 5.91 Å². The molecule has 2 rings (SSSR count). The van der Waals surface area contributed by atoms with Gasteiger partial charge >= 0.3 is 0 Å². The van der Waals surface area contributed by atoms with Gasteiger partial charge in [-0.05, 0) is 49.9 Å². The van der Waals surface area contributed by atoms with Crippen LogP contribution in [0.3, 0.4) is 0 Å². The molecule has 0 spiro atoms. The fourth-order valence-electron chi connectivity index (χ4n) is 2.76. The Morgan fingerprint density at radius 3 is 3.05 bits per heavy atom. The Kier molecular flexibility index (Phi) is 5.01. The van der Waals surface area contributed by atoms with Crippen molar-refractivity contribution in [2.75, 3.05) is 6.54 Å². The summed E-state index contributed by atoms with van der Waals surface area (Å²) >= 11 is 0. The van der Waals surface area contributed by atoms with Gasteiger partial charge in [-0.3, -0.25) is 4.79 Å². The monoisotopic (exact) mass is 276 g/mol. The smallest absolute Gasteiger partial charge is 0.237 e. The Morgan fingerprint density at radius 1 is 1.55 bits per heavy atom. The van der Waals surface area contributed by atoms with Crippen molar-refractivity contribution in [3.05, 3.63) is 29.8 Å². The van der Waals surface area contributed by atoms with E-state index in [2.05, 4.69) is 17.6 Å². The van der Waals surface area contributed by atoms with Gasteiger partial charge in [0, 0.05) is 0 Å². The standard InChI is InChI=1S/C16H24N2O2/c1-3-12-7-8-17-15(9-12)16(20)18-11(2)13-5-4-6-14(19)10-13/h4-6,10-12,15,17,19H,3,7-9H2,1-2H3,(H,18,20). The van der Waals surface area contributed by atoms with Crippen molar-refractivity contribution in [3.8, 4) is 5.75 Å². The fraction of sp³-hybridized carbons (Fsp3) is 0.562. The number of nitrogens with one attached hydrogen (secondary N) is 2. The van der Waals surface area contributed by atoms with Crippen molar-refractivity contribution >= 4 is 5.91 Å². The molecule has 3 unspecified atom stereocenters. The summed E-state index contributed by atoms with van der Waals surface area (Å²) < 4.78 is 0. The van der Waals surface area contributed by atoms with Crippen LogP contribution in [0.25, 0.3) is 0 Å². The number of hydrogen-bond acceptors (Lipinski definition) is 3. The molecule has 3 atom stereocenters. The number of rotatable bonds is 4. The molecule has 0 radical (unpaired) electrons. The number of phenolic OH excluding ortho intramolecular Hbond substituents is 1. The number of carbonyl (C=O) groups is 1. The molecule has 3 N–H and O–H groups in total. The van der Waals surface area contributed by atoms with E-state index in [1.54, 1.807) is 18.2 Å². The van der Waals surface area contributed by atoms with Crippen LogP contribution in [0.2, 0.25) is 0 Å². The molecule has 4 heteroatoms. The summed E-state index contributed by atoms with van der Waals surface area (Å²) in [6.45, 7) is 5.03. The molecular formula is C16H24N2O2. The maximum Gasteiger partial charge on any atom is 0.237 e. The maximum absolute atomic E-state index is 12.3. The second-order valence-corrected chi connectivity index (χ2v) is 5.63. The summed E-state index contributed by atoms with van der Waals surface area (Å²) in [5.41, 5.74) is 0.918. The van der Waals surface area contributed by atoms with Crippen LogP contribution in [-0.4, -0.2) is 23.6 Å². The quantitative estimate of drug-likeness (QED) is 0.791. The number of phenols is 1. The van der Waals surface area contributed by atoms with Crippen LogP contribution < -0.4 is 10.6 Å². The SMILES string of the molecule is CCC1CCNC(C(=O)NC(C)c2cccc(O)c2)C1. The summed E-state index contributed by atoms with van der Waals surface area (Å²) in [7, 11) is 0. The van der Waals surface area contributed by atoms with Crippen molar-refractivity contribution in [3.63, 3.8) is 0 Å². The number of piperidine rings is 1. The molecule has 1 fully saturated rings. The highest BCUT2D eigenvalue weighted by Crippen LogP contribution is 2.21. The third kappa shape index (κ3) is 3.73. The normalized spacial score (nSPS) is 24.1. The predicted molar refractivity (Wildman–Crippen MR) is 79.5 cm³/mol. The van der Waals surface area contributed by atoms with Gasteiger partial charge in [-0.2, -0.15) is 0 Å². The van der Waals surface area contributed by atoms with Crippen LogP contribution in [-0.2, 0) is 4.79 Å². The van der Waals surface area contributed by atoms with Crippen molar-refractivity contribution in [2.45, 2.75) is 45.2 Å². The van der Waals surface area contributed by atoms with E-state index < -0.39 is 0 Å². The molecule has 110 valence electrons. The van der Waals surface area contributed by atoms with Crippen molar-refractivity contribution < 1.29 is 9.90 Å². The highest BCUT2D eigenvalue weighted by Gasteiger charge is 2.26. The van der Waals surface area contributed by atoms with Gasteiger partial charge in [-0.25, -0.2) is 0 Å². The zero-order valence-corrected chi connectivity index (χ0v) is 12.2. The van der Waals surface area contributed by atoms with Gasteiger partial charge in [0.05, 0.1) is 12.1 Å². The first kappa shape index (κ1) is 14.9. The molecule has 1 aliphatic rings. The van der Waals surface area contributed by atoms with Crippen LogP contribution in [0, 0.1) is 5.92 Å². The van der Waals surface area contributed by atoms with E-state index in [-0.39, 0.29) is 23.7 Å². The number of hydrogen-bond donors (Lipinski definition) is 3. The maximum atomic E-state index is 12.3. The predicted octanol–water partition coefficient (Wildman–Crippen LogP) is 2.35. The van der Waals surface area contributed by atoms with Gasteiger partial charge in [0.25, 0.3) is 0 Å². The summed E-state index contributed by atoms with van der Waals surface area (Å²) in [6.07, 6.45) is 3.20. The van der Waals surface area contributed by atoms with E-state index in [1.807, 2.05) is 13.0 Å². The second-order valence-electron chi connectivity index (χ2n) is 5.63. The van der Waals surface area contributed by atoms with Crippen molar-refractivity contribution in [2.24, 2.45) is 5.92 Å². The fourth-order valence-corrected chi connectivity index (χ4v) is 2.76. The molecule has 0 aromatic heterocycles. The van der Waals surface area contributed by atoms with Crippen LogP contribution in [0.5, 0.6) is 5.75 Å². The van der Waals surface area contributed by atoms with Crippen LogP contribution in [0.1, 0.15) is 44.7 Å². The van der Waals surface area contributed by atoms with E-state index in [0.29, 0.717) is 5.92 Å². The average Bonchev–Trinajstić information content (AvgIpc) is 2.47. The number of carbonyl (C=O) groups excluding carboxylic acids is 1. The first-order valence-electron chi connectivity index (χ1n) is 7.42. The van der Waals surface area contributed by atoms with Gasteiger partial charge in [-0.1, -0.05) is 25.5 Å². The zero-order valence-electron chi connectivity index (χ0n) is 12.2. The van der Waals surface area contributed by atoms with E-state index in [9.17, 15) is 9.90 Å². The van der Waals surface area contributed by atoms with Crippen LogP contribution in [0.15, 0.2) is 24.3 Å². The van der Waals surface area contributed by atoms with Crippen molar-refractivity contribution in [1.82, 2.24) is 10.6 Å². The molecule has 1 amide bonds. The summed E-state index contributed by atoms with van der Waals surface area (Å²) in [5.74, 6) is 0.924. The van der Waals surface area contributed by atoms with Crippen molar-refractivity contribution in [1.29, 1.82) is 0 Å². The number of amides is 1. The molecule has 1 aromatic rings. The molecule has 1 saturated heterocycles. The molecule has 0 aliphatic carbocycles. The summed E-state index contributed by atoms with van der Waals surface area (Å²) in [5, 5.41) is 15.8. The Labute approximate surface area is 120 Å². The van der Waals surface area contributed by atoms with E-state index >= 15 is 0 Å². The van der Waals surface area contributed by atoms with E-state index in [0.717, 1.165) is 31.4 Å². The molecule has 0 bridgehead atoms. The Hall–Kier alpha value is -1.55. The molecule has 4 nitrogen and oxygen atoms in total. The lowest BCUT2D eigenvalue weighted by atomic mass is 9.90. The lowest BCUT2D eigenvalue weighted by molar-refractivity contribution is -0.124. The number of benzene rings is 1. The highest BCUT2D eigenvalue weighted by molar-refractivity contribution is 5.82. The molecule has 0 saturated carbocycles. The molecule has 20 heavy (non-hydrogen) atoms. The minimum absolute atomic E-state index is 0.0546. The molecule has 1 aromatic carbocycles. The van der Waals surface area contributed by atoms with E-state index in [4.69, 9.17) is 0 Å². The minimum Gasteiger partial charge on any atom is -0.508 e. The first-order valence-corrected chi connectivity index (χ1v) is 7.42. The minimum atomic E-state index is -0.0987. The van der Waals surface area contributed by atoms with Gasteiger partial charge in [-0.15, -0.1) is 0 Å². The second kappa shape index (κ2) is 6.75. The molecular weight excluding hydrogens is 252 g/mol. The largest absolute Gasteiger partial charge is 0.508 e. The lowest BCUT2D eigenvalue weighted by Crippen LogP contribution is -2.49. The van der Waals surface area contributed by atoms with Crippen LogP contribution >= 0.6 is 0 Å².